The molecule has 4 aromatic rings. The molecule has 0 unspecified atom stereocenters. The predicted octanol–water partition coefficient (Wildman–Crippen LogP) is 4.36. The molecule has 2 aromatic heterocycles. The molecule has 8 heteroatoms. The van der Waals surface area contributed by atoms with Crippen LogP contribution in [0.5, 0.6) is 5.75 Å². The number of H-pyrrole nitrogens is 1. The van der Waals surface area contributed by atoms with E-state index in [0.717, 1.165) is 18.1 Å². The molecule has 2 aromatic carbocycles. The highest BCUT2D eigenvalue weighted by molar-refractivity contribution is 5.85. The Morgan fingerprint density at radius 3 is 2.84 bits per heavy atom. The highest BCUT2D eigenvalue weighted by Crippen LogP contribution is 2.44. The first-order valence-electron chi connectivity index (χ1n) is 10.0. The zero-order valence-corrected chi connectivity index (χ0v) is 16.8. The van der Waals surface area contributed by atoms with E-state index in [4.69, 9.17) is 4.74 Å². The standard InChI is InChI=1S/C23H20F2N4O2/c1-2-13-6-7-20(26-10-13)29-15(11-30)12-31-22-16(4-3-5-19(22)29)23-27-18-9-14(24)8-17(25)21(18)28-23/h3-10,15,30H,2,11-12H2,1H3,(H,27,28)/t15-/m0/s1. The number of benzene rings is 2. The van der Waals surface area contributed by atoms with Crippen molar-refractivity contribution in [2.24, 2.45) is 0 Å². The number of imidazole rings is 1. The lowest BCUT2D eigenvalue weighted by molar-refractivity contribution is 0.195. The summed E-state index contributed by atoms with van der Waals surface area (Å²) in [6.07, 6.45) is 2.70. The summed E-state index contributed by atoms with van der Waals surface area (Å²) < 4.78 is 33.8. The van der Waals surface area contributed by atoms with Crippen molar-refractivity contribution in [3.05, 3.63) is 65.9 Å². The van der Waals surface area contributed by atoms with Gasteiger partial charge in [-0.1, -0.05) is 19.1 Å². The lowest BCUT2D eigenvalue weighted by Gasteiger charge is -2.37. The van der Waals surface area contributed by atoms with Gasteiger partial charge in [-0.15, -0.1) is 0 Å². The number of aromatic nitrogens is 3. The first kappa shape index (κ1) is 19.4. The Kier molecular flexibility index (Phi) is 4.78. The van der Waals surface area contributed by atoms with Crippen LogP contribution in [-0.2, 0) is 6.42 Å². The molecule has 0 saturated heterocycles. The molecule has 3 heterocycles. The Balaban J connectivity index is 1.64. The zero-order valence-electron chi connectivity index (χ0n) is 16.8. The topological polar surface area (TPSA) is 74.3 Å². The molecule has 0 radical (unpaired) electrons. The highest BCUT2D eigenvalue weighted by atomic mass is 19.1. The third-order valence-electron chi connectivity index (χ3n) is 5.47. The molecule has 2 N–H and O–H groups in total. The van der Waals surface area contributed by atoms with Crippen molar-refractivity contribution in [2.75, 3.05) is 18.1 Å². The molecule has 1 aliphatic heterocycles. The van der Waals surface area contributed by atoms with Crippen molar-refractivity contribution >= 4 is 22.5 Å². The number of nitrogens with one attached hydrogen (secondary N) is 1. The number of anilines is 2. The molecule has 0 amide bonds. The molecule has 0 spiro atoms. The largest absolute Gasteiger partial charge is 0.488 e. The average Bonchev–Trinajstić information content (AvgIpc) is 3.22. The molecule has 0 fully saturated rings. The number of aromatic amines is 1. The summed E-state index contributed by atoms with van der Waals surface area (Å²) in [7, 11) is 0. The minimum Gasteiger partial charge on any atom is -0.488 e. The zero-order chi connectivity index (χ0) is 21.5. The number of para-hydroxylation sites is 1. The molecule has 31 heavy (non-hydrogen) atoms. The van der Waals surface area contributed by atoms with Crippen molar-refractivity contribution in [1.82, 2.24) is 15.0 Å². The molecule has 1 aliphatic rings. The maximum Gasteiger partial charge on any atom is 0.154 e. The van der Waals surface area contributed by atoms with Crippen LogP contribution < -0.4 is 9.64 Å². The normalized spacial score (nSPS) is 15.7. The van der Waals surface area contributed by atoms with Crippen molar-refractivity contribution in [3.63, 3.8) is 0 Å². The van der Waals surface area contributed by atoms with Crippen molar-refractivity contribution in [3.8, 4) is 17.1 Å². The number of aliphatic hydroxyl groups is 1. The molecular formula is C23H20F2N4O2. The molecule has 0 saturated carbocycles. The summed E-state index contributed by atoms with van der Waals surface area (Å²) in [4.78, 5) is 13.8. The van der Waals surface area contributed by atoms with Crippen LogP contribution in [0.15, 0.2) is 48.7 Å². The Labute approximate surface area is 177 Å². The van der Waals surface area contributed by atoms with Gasteiger partial charge in [0, 0.05) is 12.3 Å². The third kappa shape index (κ3) is 3.29. The SMILES string of the molecule is CCc1ccc(N2c3cccc(-c4nc5c(F)cc(F)cc5[nH]4)c3OC[C@@H]2CO)nc1. The van der Waals surface area contributed by atoms with Crippen molar-refractivity contribution in [2.45, 2.75) is 19.4 Å². The smallest absolute Gasteiger partial charge is 0.154 e. The summed E-state index contributed by atoms with van der Waals surface area (Å²) in [5, 5.41) is 9.94. The van der Waals surface area contributed by atoms with Crippen LogP contribution in [-0.4, -0.2) is 39.3 Å². The van der Waals surface area contributed by atoms with Gasteiger partial charge in [-0.2, -0.15) is 0 Å². The van der Waals surface area contributed by atoms with Crippen LogP contribution in [0, 0.1) is 11.6 Å². The van der Waals surface area contributed by atoms with E-state index in [2.05, 4.69) is 21.9 Å². The van der Waals surface area contributed by atoms with Gasteiger partial charge in [-0.25, -0.2) is 18.7 Å². The fourth-order valence-electron chi connectivity index (χ4n) is 3.89. The van der Waals surface area contributed by atoms with Crippen LogP contribution >= 0.6 is 0 Å². The van der Waals surface area contributed by atoms with E-state index in [1.54, 1.807) is 6.07 Å². The van der Waals surface area contributed by atoms with Gasteiger partial charge in [-0.3, -0.25) is 0 Å². The number of hydrogen-bond acceptors (Lipinski definition) is 5. The number of halogens is 2. The molecule has 6 nitrogen and oxygen atoms in total. The number of fused-ring (bicyclic) bond motifs is 2. The van der Waals surface area contributed by atoms with E-state index < -0.39 is 11.6 Å². The third-order valence-corrected chi connectivity index (χ3v) is 5.47. The van der Waals surface area contributed by atoms with E-state index in [-0.39, 0.29) is 30.3 Å². The summed E-state index contributed by atoms with van der Waals surface area (Å²) in [6, 6.07) is 11.1. The lowest BCUT2D eigenvalue weighted by atomic mass is 10.1. The van der Waals surface area contributed by atoms with Gasteiger partial charge in [-0.05, 0) is 36.2 Å². The van der Waals surface area contributed by atoms with Crippen LogP contribution in [0.2, 0.25) is 0 Å². The summed E-state index contributed by atoms with van der Waals surface area (Å²) in [5.74, 6) is 0.188. The van der Waals surface area contributed by atoms with E-state index in [1.807, 2.05) is 35.4 Å². The van der Waals surface area contributed by atoms with Crippen molar-refractivity contribution in [1.29, 1.82) is 0 Å². The van der Waals surface area contributed by atoms with Crippen LogP contribution in [0.1, 0.15) is 12.5 Å². The minimum absolute atomic E-state index is 0.0618. The minimum atomic E-state index is -0.731. The van der Waals surface area contributed by atoms with Gasteiger partial charge in [0.15, 0.2) is 11.6 Å². The summed E-state index contributed by atoms with van der Waals surface area (Å²) in [5.41, 5.74) is 2.77. The first-order chi connectivity index (χ1) is 15.1. The maximum absolute atomic E-state index is 14.2. The van der Waals surface area contributed by atoms with Crippen LogP contribution in [0.3, 0.4) is 0 Å². The molecule has 0 bridgehead atoms. The lowest BCUT2D eigenvalue weighted by Crippen LogP contribution is -2.43. The van der Waals surface area contributed by atoms with Gasteiger partial charge in [0.2, 0.25) is 0 Å². The highest BCUT2D eigenvalue weighted by Gasteiger charge is 2.31. The monoisotopic (exact) mass is 422 g/mol. The molecule has 5 rings (SSSR count). The second-order valence-corrected chi connectivity index (χ2v) is 7.42. The number of nitrogens with zero attached hydrogens (tertiary/aromatic N) is 3. The van der Waals surface area contributed by atoms with Gasteiger partial charge in [0.05, 0.1) is 29.4 Å². The van der Waals surface area contributed by atoms with Gasteiger partial charge < -0.3 is 19.7 Å². The number of aliphatic hydroxyl groups excluding tert-OH is 1. The second kappa shape index (κ2) is 7.63. The average molecular weight is 422 g/mol. The van der Waals surface area contributed by atoms with E-state index in [0.29, 0.717) is 28.6 Å². The van der Waals surface area contributed by atoms with E-state index >= 15 is 0 Å². The summed E-state index contributed by atoms with van der Waals surface area (Å²) in [6.45, 7) is 2.18. The fraction of sp³-hybridized carbons (Fsp3) is 0.217. The quantitative estimate of drug-likeness (QED) is 0.511. The Morgan fingerprint density at radius 2 is 2.10 bits per heavy atom. The molecule has 158 valence electrons. The number of aryl methyl sites for hydroxylation is 1. The van der Waals surface area contributed by atoms with Gasteiger partial charge in [0.1, 0.15) is 29.6 Å². The number of rotatable bonds is 4. The van der Waals surface area contributed by atoms with Crippen LogP contribution in [0.4, 0.5) is 20.3 Å². The fourth-order valence-corrected chi connectivity index (χ4v) is 3.89. The Bertz CT molecular complexity index is 1260. The van der Waals surface area contributed by atoms with Crippen LogP contribution in [0.25, 0.3) is 22.4 Å². The van der Waals surface area contributed by atoms with Crippen molar-refractivity contribution < 1.29 is 18.6 Å². The molecule has 0 aliphatic carbocycles. The first-order valence-corrected chi connectivity index (χ1v) is 10.0. The number of ether oxygens (including phenoxy) is 1. The van der Waals surface area contributed by atoms with Gasteiger partial charge in [0.25, 0.3) is 0 Å². The molecular weight excluding hydrogens is 402 g/mol. The number of hydrogen-bond donors (Lipinski definition) is 2. The second-order valence-electron chi connectivity index (χ2n) is 7.42. The maximum atomic E-state index is 14.2. The summed E-state index contributed by atoms with van der Waals surface area (Å²) >= 11 is 0. The van der Waals surface area contributed by atoms with E-state index in [1.165, 1.54) is 6.07 Å². The predicted molar refractivity (Wildman–Crippen MR) is 114 cm³/mol. The Hall–Kier alpha value is -3.52. The number of pyridine rings is 1. The van der Waals surface area contributed by atoms with E-state index in [9.17, 15) is 13.9 Å². The Morgan fingerprint density at radius 1 is 1.23 bits per heavy atom. The van der Waals surface area contributed by atoms with Gasteiger partial charge >= 0.3 is 0 Å². The molecule has 1 atom stereocenters.